The van der Waals surface area contributed by atoms with E-state index in [1.807, 2.05) is 30.3 Å². The van der Waals surface area contributed by atoms with Gasteiger partial charge in [0.1, 0.15) is 0 Å². The van der Waals surface area contributed by atoms with Gasteiger partial charge in [-0.25, -0.2) is 5.01 Å². The summed E-state index contributed by atoms with van der Waals surface area (Å²) in [5.74, 6) is -0.401. The zero-order chi connectivity index (χ0) is 27.5. The monoisotopic (exact) mass is 579 g/mol. The van der Waals surface area contributed by atoms with Crippen molar-refractivity contribution >= 4 is 50.6 Å². The van der Waals surface area contributed by atoms with E-state index in [2.05, 4.69) is 9.71 Å². The van der Waals surface area contributed by atoms with Crippen molar-refractivity contribution in [3.63, 3.8) is 0 Å². The number of alkyl halides is 3. The summed E-state index contributed by atoms with van der Waals surface area (Å²) >= 11 is 11.0. The molecule has 1 aliphatic rings. The van der Waals surface area contributed by atoms with Gasteiger partial charge in [-0.05, 0) is 66.2 Å². The van der Waals surface area contributed by atoms with E-state index in [1.165, 1.54) is 5.01 Å². The van der Waals surface area contributed by atoms with Gasteiger partial charge in [0.2, 0.25) is 5.96 Å². The highest BCUT2D eigenvalue weighted by Gasteiger charge is 2.32. The van der Waals surface area contributed by atoms with Crippen LogP contribution in [0.15, 0.2) is 93.3 Å². The van der Waals surface area contributed by atoms with Gasteiger partial charge in [-0.15, -0.1) is 4.40 Å². The van der Waals surface area contributed by atoms with Gasteiger partial charge in [-0.3, -0.25) is 0 Å². The molecule has 13 heteroatoms. The Morgan fingerprint density at radius 3 is 2.26 bits per heavy atom. The second-order valence-electron chi connectivity index (χ2n) is 8.27. The van der Waals surface area contributed by atoms with E-state index < -0.39 is 26.7 Å². The van der Waals surface area contributed by atoms with Crippen molar-refractivity contribution < 1.29 is 21.6 Å². The second kappa shape index (κ2) is 11.1. The molecule has 1 aliphatic heterocycles. The Balaban J connectivity index is 1.77. The average Bonchev–Trinajstić information content (AvgIpc) is 2.88. The van der Waals surface area contributed by atoms with Gasteiger partial charge in [-0.1, -0.05) is 54.1 Å². The maximum Gasteiger partial charge on any atom is 0.416 e. The predicted molar refractivity (Wildman–Crippen MR) is 144 cm³/mol. The molecule has 0 bridgehead atoms. The highest BCUT2D eigenvalue weighted by atomic mass is 35.5. The van der Waals surface area contributed by atoms with E-state index in [0.717, 1.165) is 23.3 Å². The maximum absolute atomic E-state index is 13.0. The number of nitrogens with one attached hydrogen (secondary N) is 1. The molecule has 0 saturated heterocycles. The van der Waals surface area contributed by atoms with Crippen molar-refractivity contribution in [2.45, 2.75) is 23.4 Å². The van der Waals surface area contributed by atoms with E-state index in [0.29, 0.717) is 29.3 Å². The lowest BCUT2D eigenvalue weighted by atomic mass is 9.86. The Bertz CT molecular complexity index is 1480. The van der Waals surface area contributed by atoms with Crippen LogP contribution in [0.5, 0.6) is 0 Å². The molecule has 3 aromatic carbocycles. The van der Waals surface area contributed by atoms with Crippen LogP contribution in [0.2, 0.25) is 5.02 Å². The average molecular weight is 580 g/mol. The summed E-state index contributed by atoms with van der Waals surface area (Å²) in [6.45, 7) is 0.244. The van der Waals surface area contributed by atoms with Crippen molar-refractivity contribution in [3.8, 4) is 0 Å². The van der Waals surface area contributed by atoms with Crippen LogP contribution in [0.3, 0.4) is 0 Å². The third kappa shape index (κ3) is 6.50. The number of hydrazone groups is 1. The largest absolute Gasteiger partial charge is 0.416 e. The molecule has 7 nitrogen and oxygen atoms in total. The third-order valence-corrected chi connectivity index (χ3v) is 7.33. The van der Waals surface area contributed by atoms with Crippen LogP contribution in [-0.4, -0.2) is 36.8 Å². The molecule has 1 heterocycles. The Hall–Kier alpha value is -3.48. The summed E-state index contributed by atoms with van der Waals surface area (Å²) in [4.78, 5) is -0.436. The first-order chi connectivity index (χ1) is 17.9. The minimum Gasteiger partial charge on any atom is -0.376 e. The number of guanidine groups is 1. The van der Waals surface area contributed by atoms with Gasteiger partial charge in [0.25, 0.3) is 10.0 Å². The molecular weight excluding hydrogens is 559 g/mol. The topological polar surface area (TPSA) is 100 Å². The summed E-state index contributed by atoms with van der Waals surface area (Å²) in [5.41, 5.74) is 7.05. The molecule has 1 unspecified atom stereocenters. The van der Waals surface area contributed by atoms with Crippen molar-refractivity contribution in [3.05, 3.63) is 101 Å². The fourth-order valence-electron chi connectivity index (χ4n) is 3.91. The molecule has 3 aromatic rings. The van der Waals surface area contributed by atoms with E-state index in [-0.39, 0.29) is 23.5 Å². The molecule has 4 rings (SSSR count). The first kappa shape index (κ1) is 27.6. The van der Waals surface area contributed by atoms with Gasteiger partial charge < -0.3 is 11.1 Å². The number of hydrogen-bond donors (Lipinski definition) is 2. The first-order valence-corrected chi connectivity index (χ1v) is 13.4. The molecule has 198 valence electrons. The Morgan fingerprint density at radius 1 is 1.05 bits per heavy atom. The zero-order valence-electron chi connectivity index (χ0n) is 19.6. The molecular formula is C25H21ClF3N5O2S2. The molecule has 0 saturated carbocycles. The minimum atomic E-state index is -4.61. The lowest BCUT2D eigenvalue weighted by molar-refractivity contribution is -0.137. The lowest BCUT2D eigenvalue weighted by Gasteiger charge is -2.32. The number of hydrogen-bond acceptors (Lipinski definition) is 4. The highest BCUT2D eigenvalue weighted by Crippen LogP contribution is 2.31. The number of benzene rings is 3. The maximum atomic E-state index is 13.0. The van der Waals surface area contributed by atoms with Crippen LogP contribution < -0.4 is 11.1 Å². The molecule has 1 atom stereocenters. The summed E-state index contributed by atoms with van der Waals surface area (Å²) in [5, 5.41) is 8.85. The van der Waals surface area contributed by atoms with E-state index in [1.54, 1.807) is 24.3 Å². The first-order valence-electron chi connectivity index (χ1n) is 11.2. The third-order valence-electron chi connectivity index (χ3n) is 5.70. The summed E-state index contributed by atoms with van der Waals surface area (Å²) in [6.07, 6.45) is -4.08. The number of rotatable bonds is 4. The van der Waals surface area contributed by atoms with E-state index in [9.17, 15) is 21.6 Å². The Kier molecular flexibility index (Phi) is 8.05. The molecule has 0 aliphatic carbocycles. The van der Waals surface area contributed by atoms with Crippen molar-refractivity contribution in [2.75, 3.05) is 6.54 Å². The smallest absolute Gasteiger partial charge is 0.376 e. The Morgan fingerprint density at radius 2 is 1.68 bits per heavy atom. The Labute approximate surface area is 227 Å². The van der Waals surface area contributed by atoms with Crippen molar-refractivity contribution in [1.29, 1.82) is 0 Å². The van der Waals surface area contributed by atoms with Gasteiger partial charge in [0.15, 0.2) is 5.11 Å². The van der Waals surface area contributed by atoms with Crippen LogP contribution in [0.4, 0.5) is 13.2 Å². The van der Waals surface area contributed by atoms with E-state index in [4.69, 9.17) is 34.7 Å². The predicted octanol–water partition coefficient (Wildman–Crippen LogP) is 5.13. The standard InChI is InChI=1S/C25H21ClF3N5O2S2/c26-19-10-6-17(7-11-19)22-21(16-4-2-1-3-5-16)14-15-34(32-22)24(31-23(30)37)33-38(35,36)20-12-8-18(9-13-20)25(27,28)29/h1-13,21H,14-15H2,(H3,30,31,33,37). The fourth-order valence-corrected chi connectivity index (χ4v) is 5.08. The van der Waals surface area contributed by atoms with Gasteiger partial charge in [-0.2, -0.15) is 26.7 Å². The normalized spacial score (nSPS) is 16.6. The number of sulfonamides is 1. The number of thiocarbonyl (C=S) groups is 1. The van der Waals surface area contributed by atoms with E-state index >= 15 is 0 Å². The van der Waals surface area contributed by atoms with Crippen LogP contribution >= 0.6 is 23.8 Å². The van der Waals surface area contributed by atoms with Crippen molar-refractivity contribution in [2.24, 2.45) is 15.2 Å². The van der Waals surface area contributed by atoms with Gasteiger partial charge in [0.05, 0.1) is 16.2 Å². The molecule has 0 amide bonds. The molecule has 0 spiro atoms. The fraction of sp³-hybridized carbons (Fsp3) is 0.160. The highest BCUT2D eigenvalue weighted by molar-refractivity contribution is 7.90. The van der Waals surface area contributed by atoms with Crippen LogP contribution in [0, 0.1) is 0 Å². The quantitative estimate of drug-likeness (QED) is 0.252. The zero-order valence-corrected chi connectivity index (χ0v) is 21.9. The van der Waals surface area contributed by atoms with Crippen LogP contribution in [0.25, 0.3) is 0 Å². The van der Waals surface area contributed by atoms with Gasteiger partial charge >= 0.3 is 6.18 Å². The molecule has 0 fully saturated rings. The molecule has 0 radical (unpaired) electrons. The van der Waals surface area contributed by atoms with Crippen LogP contribution in [0.1, 0.15) is 29.0 Å². The SMILES string of the molecule is NC(=S)NC(=NS(=O)(=O)c1ccc(C(F)(F)F)cc1)N1CCC(c2ccccc2)C(c2ccc(Cl)cc2)=N1. The second-order valence-corrected chi connectivity index (χ2v) is 10.7. The molecule has 38 heavy (non-hydrogen) atoms. The summed E-state index contributed by atoms with van der Waals surface area (Å²) in [7, 11) is -4.46. The minimum absolute atomic E-state index is 0.119. The van der Waals surface area contributed by atoms with Crippen LogP contribution in [-0.2, 0) is 16.2 Å². The molecule has 0 aromatic heterocycles. The lowest BCUT2D eigenvalue weighted by Crippen LogP contribution is -2.47. The number of halogens is 4. The molecule has 3 N–H and O–H groups in total. The van der Waals surface area contributed by atoms with Crippen molar-refractivity contribution in [1.82, 2.24) is 10.3 Å². The van der Waals surface area contributed by atoms with Gasteiger partial charge in [0, 0.05) is 17.5 Å². The number of nitrogens with two attached hydrogens (primary N) is 1. The number of nitrogens with zero attached hydrogens (tertiary/aromatic N) is 3. The summed E-state index contributed by atoms with van der Waals surface area (Å²) in [6, 6.07) is 19.7. The summed E-state index contributed by atoms with van der Waals surface area (Å²) < 4.78 is 68.6.